The van der Waals surface area contributed by atoms with Crippen LogP contribution < -0.4 is 5.32 Å². The van der Waals surface area contributed by atoms with Gasteiger partial charge in [0.15, 0.2) is 11.8 Å². The molecule has 1 amide bonds. The molecule has 0 saturated carbocycles. The van der Waals surface area contributed by atoms with Gasteiger partial charge >= 0.3 is 23.9 Å². The summed E-state index contributed by atoms with van der Waals surface area (Å²) < 4.78 is 15.9. The number of ether oxygens (including phenoxy) is 3. The molecule has 4 atom stereocenters. The van der Waals surface area contributed by atoms with Gasteiger partial charge in [-0.15, -0.1) is 0 Å². The van der Waals surface area contributed by atoms with Crippen LogP contribution in [0.1, 0.15) is 42.4 Å². The van der Waals surface area contributed by atoms with Gasteiger partial charge in [-0.3, -0.25) is 14.4 Å². The molecule has 1 fully saturated rings. The number of hydrogen-bond donors (Lipinski definition) is 2. The number of carbonyl (C=O) groups excluding carboxylic acids is 5. The number of aromatic hydroxyl groups is 1. The van der Waals surface area contributed by atoms with Crippen LogP contribution in [0.25, 0.3) is 0 Å². The summed E-state index contributed by atoms with van der Waals surface area (Å²) >= 11 is 0. The number of cyclic esters (lactones) is 3. The highest BCUT2D eigenvalue weighted by atomic mass is 16.6. The van der Waals surface area contributed by atoms with Crippen LogP contribution in [0.15, 0.2) is 42.6 Å². The highest BCUT2D eigenvalue weighted by molar-refractivity contribution is 6.08. The minimum absolute atomic E-state index is 0.0169. The van der Waals surface area contributed by atoms with E-state index in [2.05, 4.69) is 10.3 Å². The van der Waals surface area contributed by atoms with Gasteiger partial charge in [0.2, 0.25) is 6.04 Å². The third-order valence-electron chi connectivity index (χ3n) is 5.78. The van der Waals surface area contributed by atoms with Gasteiger partial charge < -0.3 is 24.6 Å². The quantitative estimate of drug-likeness (QED) is 0.331. The first-order valence-corrected chi connectivity index (χ1v) is 11.7. The lowest BCUT2D eigenvalue weighted by Crippen LogP contribution is -2.49. The molecule has 3 rings (SSSR count). The van der Waals surface area contributed by atoms with Crippen LogP contribution >= 0.6 is 0 Å². The first-order valence-electron chi connectivity index (χ1n) is 11.7. The summed E-state index contributed by atoms with van der Waals surface area (Å²) in [5.41, 5.74) is 0.582. The zero-order valence-corrected chi connectivity index (χ0v) is 20.8. The minimum Gasteiger partial charge on any atom is -0.505 e. The summed E-state index contributed by atoms with van der Waals surface area (Å²) in [7, 11) is 0. The predicted octanol–water partition coefficient (Wildman–Crippen LogP) is 1.64. The number of hydrogen-bond acceptors (Lipinski definition) is 10. The van der Waals surface area contributed by atoms with Crippen LogP contribution in [-0.4, -0.2) is 58.1 Å². The molecule has 1 aromatic heterocycles. The van der Waals surface area contributed by atoms with Crippen molar-refractivity contribution >= 4 is 29.8 Å². The van der Waals surface area contributed by atoms with E-state index < -0.39 is 71.3 Å². The summed E-state index contributed by atoms with van der Waals surface area (Å²) in [6.07, 6.45) is -1.19. The second-order valence-electron chi connectivity index (χ2n) is 8.97. The Balaban J connectivity index is 1.94. The SMILES string of the molecule is Cc1ccnc(C(=O)NC2C(=O)OC(=O)C(Cc3ccccc3)C(OC(=O)C(C)C)C(C)OC2=O)c1O. The average Bonchev–Trinajstić information content (AvgIpc) is 2.87. The molecule has 2 aromatic rings. The van der Waals surface area contributed by atoms with E-state index in [0.29, 0.717) is 11.1 Å². The molecule has 0 spiro atoms. The third-order valence-corrected chi connectivity index (χ3v) is 5.78. The van der Waals surface area contributed by atoms with E-state index in [0.717, 1.165) is 0 Å². The molecule has 1 saturated heterocycles. The van der Waals surface area contributed by atoms with Gasteiger partial charge in [-0.2, -0.15) is 0 Å². The van der Waals surface area contributed by atoms with Gasteiger partial charge in [0.25, 0.3) is 5.91 Å². The van der Waals surface area contributed by atoms with Crippen LogP contribution in [-0.2, 0) is 39.8 Å². The topological polar surface area (TPSA) is 158 Å². The first-order chi connectivity index (χ1) is 17.5. The predicted molar refractivity (Wildman–Crippen MR) is 127 cm³/mol. The summed E-state index contributed by atoms with van der Waals surface area (Å²) in [5.74, 6) is -7.60. The summed E-state index contributed by atoms with van der Waals surface area (Å²) in [4.78, 5) is 67.9. The Labute approximate surface area is 213 Å². The molecule has 196 valence electrons. The monoisotopic (exact) mass is 512 g/mol. The van der Waals surface area contributed by atoms with Crippen LogP contribution in [0.4, 0.5) is 0 Å². The van der Waals surface area contributed by atoms with Crippen molar-refractivity contribution in [1.82, 2.24) is 10.3 Å². The molecule has 0 radical (unpaired) electrons. The van der Waals surface area contributed by atoms with Gasteiger partial charge in [-0.25, -0.2) is 14.6 Å². The normalized spacial score (nSPS) is 22.2. The summed E-state index contributed by atoms with van der Waals surface area (Å²) in [6, 6.07) is 8.18. The standard InChI is InChI=1S/C26H28N2O9/c1-13(2)23(31)36-21-15(4)35-25(33)19(28-22(30)18-20(29)14(3)10-11-27-18)26(34)37-24(32)17(21)12-16-8-6-5-7-9-16/h5-11,13,15,17,19,21,29H,12H2,1-4H3,(H,28,30). The number of rotatable bonds is 6. The maximum atomic E-state index is 13.2. The molecular formula is C26H28N2O9. The first kappa shape index (κ1) is 27.3. The Hall–Kier alpha value is -4.28. The number of aromatic nitrogens is 1. The van der Waals surface area contributed by atoms with Crippen LogP contribution in [0.3, 0.4) is 0 Å². The smallest absolute Gasteiger partial charge is 0.348 e. The van der Waals surface area contributed by atoms with Crippen LogP contribution in [0.5, 0.6) is 5.75 Å². The van der Waals surface area contributed by atoms with Crippen molar-refractivity contribution in [2.24, 2.45) is 11.8 Å². The van der Waals surface area contributed by atoms with E-state index in [1.54, 1.807) is 44.2 Å². The number of carbonyl (C=O) groups is 5. The third kappa shape index (κ3) is 6.49. The van der Waals surface area contributed by atoms with Gasteiger partial charge in [-0.1, -0.05) is 44.2 Å². The van der Waals surface area contributed by atoms with Gasteiger partial charge in [0.05, 0.1) is 5.92 Å². The molecule has 2 N–H and O–H groups in total. The van der Waals surface area contributed by atoms with Crippen molar-refractivity contribution in [1.29, 1.82) is 0 Å². The lowest BCUT2D eigenvalue weighted by atomic mass is 9.91. The molecule has 1 aliphatic heterocycles. The fourth-order valence-electron chi connectivity index (χ4n) is 3.66. The van der Waals surface area contributed by atoms with Gasteiger partial charge in [-0.05, 0) is 37.5 Å². The van der Waals surface area contributed by atoms with Crippen molar-refractivity contribution in [3.8, 4) is 5.75 Å². The van der Waals surface area contributed by atoms with Crippen molar-refractivity contribution in [3.63, 3.8) is 0 Å². The molecule has 0 bridgehead atoms. The molecule has 11 nitrogen and oxygen atoms in total. The van der Waals surface area contributed by atoms with Crippen molar-refractivity contribution in [2.45, 2.75) is 52.4 Å². The zero-order valence-electron chi connectivity index (χ0n) is 20.8. The largest absolute Gasteiger partial charge is 0.505 e. The highest BCUT2D eigenvalue weighted by Gasteiger charge is 2.45. The Morgan fingerprint density at radius 3 is 2.41 bits per heavy atom. The van der Waals surface area contributed by atoms with E-state index in [9.17, 15) is 29.1 Å². The highest BCUT2D eigenvalue weighted by Crippen LogP contribution is 2.25. The fourth-order valence-corrected chi connectivity index (χ4v) is 3.66. The Morgan fingerprint density at radius 1 is 1.08 bits per heavy atom. The van der Waals surface area contributed by atoms with Crippen molar-refractivity contribution < 1.29 is 43.3 Å². The molecule has 1 aliphatic rings. The lowest BCUT2D eigenvalue weighted by Gasteiger charge is -2.29. The number of pyridine rings is 1. The Kier molecular flexibility index (Phi) is 8.59. The zero-order chi connectivity index (χ0) is 27.3. The average molecular weight is 513 g/mol. The molecule has 0 aliphatic carbocycles. The number of aryl methyl sites for hydroxylation is 1. The number of nitrogens with one attached hydrogen (secondary N) is 1. The van der Waals surface area contributed by atoms with E-state index in [1.807, 2.05) is 0 Å². The number of nitrogens with zero attached hydrogens (tertiary/aromatic N) is 1. The second kappa shape index (κ2) is 11.6. The fraction of sp³-hybridized carbons (Fsp3) is 0.385. The molecule has 1 aromatic carbocycles. The molecule has 11 heteroatoms. The number of amides is 1. The molecule has 4 unspecified atom stereocenters. The van der Waals surface area contributed by atoms with Gasteiger partial charge in [0, 0.05) is 6.20 Å². The maximum absolute atomic E-state index is 13.2. The van der Waals surface area contributed by atoms with E-state index >= 15 is 0 Å². The van der Waals surface area contributed by atoms with Gasteiger partial charge in [0.1, 0.15) is 17.8 Å². The molecular weight excluding hydrogens is 484 g/mol. The molecule has 37 heavy (non-hydrogen) atoms. The van der Waals surface area contributed by atoms with E-state index in [4.69, 9.17) is 14.2 Å². The molecule has 2 heterocycles. The second-order valence-corrected chi connectivity index (χ2v) is 8.97. The maximum Gasteiger partial charge on any atom is 0.348 e. The number of benzene rings is 1. The number of esters is 4. The summed E-state index contributed by atoms with van der Waals surface area (Å²) in [5, 5.41) is 12.2. The Bertz CT molecular complexity index is 1200. The van der Waals surface area contributed by atoms with Crippen LogP contribution in [0.2, 0.25) is 0 Å². The summed E-state index contributed by atoms with van der Waals surface area (Å²) in [6.45, 7) is 6.14. The Morgan fingerprint density at radius 2 is 1.76 bits per heavy atom. The van der Waals surface area contributed by atoms with Crippen molar-refractivity contribution in [2.75, 3.05) is 0 Å². The minimum atomic E-state index is -2.04. The van der Waals surface area contributed by atoms with E-state index in [1.165, 1.54) is 26.1 Å². The van der Waals surface area contributed by atoms with Crippen LogP contribution in [0, 0.1) is 18.8 Å². The van der Waals surface area contributed by atoms with Crippen molar-refractivity contribution in [3.05, 3.63) is 59.4 Å². The lowest BCUT2D eigenvalue weighted by molar-refractivity contribution is -0.176. The van der Waals surface area contributed by atoms with E-state index in [-0.39, 0.29) is 6.42 Å².